The monoisotopic (exact) mass is 606 g/mol. The third kappa shape index (κ3) is 11.9. The fraction of sp³-hybridized carbons (Fsp3) is 0.677. The Balaban J connectivity index is 2.33. The quantitative estimate of drug-likeness (QED) is 0.404. The normalized spacial score (nSPS) is 24.1. The molecule has 0 aromatic heterocycles. The van der Waals surface area contributed by atoms with E-state index in [0.29, 0.717) is 25.1 Å². The van der Waals surface area contributed by atoms with Gasteiger partial charge in [0.25, 0.3) is 0 Å². The molecule has 0 unspecified atom stereocenters. The minimum Gasteiger partial charge on any atom is -0.353 e. The van der Waals surface area contributed by atoms with Gasteiger partial charge in [0.15, 0.2) is 0 Å². The molecule has 4 N–H and O–H groups in total. The Hall–Kier alpha value is -2.20. The van der Waals surface area contributed by atoms with E-state index in [0.717, 1.165) is 11.5 Å². The van der Waals surface area contributed by atoms with Crippen molar-refractivity contribution in [3.8, 4) is 0 Å². The third-order valence-corrected chi connectivity index (χ3v) is 9.63. The zero-order valence-corrected chi connectivity index (χ0v) is 27.7. The molecule has 1 aromatic carbocycles. The molecule has 1 aliphatic rings. The number of nitrogens with one attached hydrogen (secondary N) is 4. The second-order valence-electron chi connectivity index (χ2n) is 12.6. The first-order valence-corrected chi connectivity index (χ1v) is 16.8. The minimum absolute atomic E-state index is 0.105. The summed E-state index contributed by atoms with van der Waals surface area (Å²) in [5, 5.41) is 11.7. The molecule has 2 bridgehead atoms. The van der Waals surface area contributed by atoms with Crippen molar-refractivity contribution in [2.45, 2.75) is 109 Å². The van der Waals surface area contributed by atoms with Gasteiger partial charge >= 0.3 is 0 Å². The largest absolute Gasteiger partial charge is 0.353 e. The van der Waals surface area contributed by atoms with E-state index < -0.39 is 29.4 Å². The Morgan fingerprint density at radius 3 is 2.24 bits per heavy atom. The van der Waals surface area contributed by atoms with Crippen molar-refractivity contribution in [3.05, 3.63) is 35.4 Å². The van der Waals surface area contributed by atoms with Crippen LogP contribution in [0.5, 0.6) is 0 Å². The first kappa shape index (κ1) is 35.0. The third-order valence-electron chi connectivity index (χ3n) is 7.19. The summed E-state index contributed by atoms with van der Waals surface area (Å²) in [4.78, 5) is 52.9. The average molecular weight is 607 g/mol. The zero-order valence-electron chi connectivity index (χ0n) is 26.0. The predicted molar refractivity (Wildman–Crippen MR) is 171 cm³/mol. The maximum absolute atomic E-state index is 13.5. The highest BCUT2D eigenvalue weighted by atomic mass is 32.2. The molecule has 2 rings (SSSR count). The van der Waals surface area contributed by atoms with Crippen molar-refractivity contribution < 1.29 is 19.2 Å². The molecular formula is C31H50N4O4S2. The lowest BCUT2D eigenvalue weighted by molar-refractivity contribution is -0.136. The van der Waals surface area contributed by atoms with Crippen molar-refractivity contribution in [2.75, 3.05) is 12.3 Å². The number of carbonyl (C=O) groups excluding carboxylic acids is 4. The Morgan fingerprint density at radius 1 is 0.951 bits per heavy atom. The van der Waals surface area contributed by atoms with Gasteiger partial charge in [-0.2, -0.15) is 11.8 Å². The molecule has 0 saturated heterocycles. The number of thioether (sulfide) groups is 2. The maximum Gasteiger partial charge on any atom is 0.245 e. The van der Waals surface area contributed by atoms with Gasteiger partial charge in [0, 0.05) is 35.0 Å². The van der Waals surface area contributed by atoms with Crippen LogP contribution in [0, 0.1) is 11.8 Å². The van der Waals surface area contributed by atoms with Crippen molar-refractivity contribution >= 4 is 47.2 Å². The van der Waals surface area contributed by atoms with E-state index >= 15 is 0 Å². The van der Waals surface area contributed by atoms with Crippen LogP contribution in [-0.4, -0.2) is 58.3 Å². The lowest BCUT2D eigenvalue weighted by Crippen LogP contribution is -2.61. The summed E-state index contributed by atoms with van der Waals surface area (Å²) in [6.07, 6.45) is 1.38. The highest BCUT2D eigenvalue weighted by Crippen LogP contribution is 2.28. The highest BCUT2D eigenvalue weighted by molar-refractivity contribution is 7.99. The lowest BCUT2D eigenvalue weighted by Gasteiger charge is -2.31. The van der Waals surface area contributed by atoms with E-state index in [2.05, 4.69) is 59.4 Å². The Kier molecular flexibility index (Phi) is 13.5. The molecule has 3 atom stereocenters. The van der Waals surface area contributed by atoms with Crippen LogP contribution in [0.25, 0.3) is 0 Å². The fourth-order valence-electron chi connectivity index (χ4n) is 4.37. The summed E-state index contributed by atoms with van der Waals surface area (Å²) in [5.41, 5.74) is 1.20. The van der Waals surface area contributed by atoms with E-state index in [4.69, 9.17) is 0 Å². The molecular weight excluding hydrogens is 556 g/mol. The summed E-state index contributed by atoms with van der Waals surface area (Å²) in [5.74, 6) is 0.946. The van der Waals surface area contributed by atoms with Gasteiger partial charge in [-0.15, -0.1) is 11.8 Å². The van der Waals surface area contributed by atoms with Crippen molar-refractivity contribution in [3.63, 3.8) is 0 Å². The van der Waals surface area contributed by atoms with Crippen molar-refractivity contribution in [1.29, 1.82) is 0 Å². The van der Waals surface area contributed by atoms with E-state index in [9.17, 15) is 19.2 Å². The molecule has 10 heteroatoms. The first-order valence-electron chi connectivity index (χ1n) is 14.6. The average Bonchev–Trinajstić information content (AvgIpc) is 2.90. The van der Waals surface area contributed by atoms with Crippen LogP contribution in [0.15, 0.2) is 24.3 Å². The van der Waals surface area contributed by atoms with Crippen LogP contribution >= 0.6 is 23.5 Å². The van der Waals surface area contributed by atoms with Gasteiger partial charge in [0.2, 0.25) is 23.6 Å². The van der Waals surface area contributed by atoms with Crippen LogP contribution in [-0.2, 0) is 30.7 Å². The standard InChI is InChI=1S/C31H50N4O4S2/c1-9-21(4)26-28(38)32-19-30(5,6)41-18-23-12-10-11-22(16-23)17-40-14-13-25(36)35-31(7,8)29(39)33-24(15-20(2)3)27(37)34-26/h10-12,16,20-21,24,26H,9,13-15,17-19H2,1-8H3,(H,32,38)(H,33,39)(H,34,37)(H,35,36)/t21-,24-,26-/m0/s1. The van der Waals surface area contributed by atoms with Crippen LogP contribution in [0.1, 0.15) is 85.8 Å². The SMILES string of the molecule is CC[C@H](C)[C@@H]1NC(=O)[C@H](CC(C)C)NC(=O)C(C)(C)NC(=O)CCSCc2cccc(c2)CSC(C)(C)CNC1=O. The van der Waals surface area contributed by atoms with Crippen LogP contribution in [0.4, 0.5) is 0 Å². The van der Waals surface area contributed by atoms with Gasteiger partial charge in [-0.05, 0) is 57.1 Å². The molecule has 0 spiro atoms. The summed E-state index contributed by atoms with van der Waals surface area (Å²) in [7, 11) is 0. The van der Waals surface area contributed by atoms with Gasteiger partial charge in [0.1, 0.15) is 17.6 Å². The number of carbonyl (C=O) groups is 4. The lowest BCUT2D eigenvalue weighted by atomic mass is 9.96. The molecule has 1 aliphatic heterocycles. The highest BCUT2D eigenvalue weighted by Gasteiger charge is 2.35. The van der Waals surface area contributed by atoms with E-state index in [1.54, 1.807) is 37.4 Å². The Bertz CT molecular complexity index is 1060. The fourth-order valence-corrected chi connectivity index (χ4v) is 6.17. The molecule has 0 radical (unpaired) electrons. The first-order chi connectivity index (χ1) is 19.1. The number of rotatable bonds is 4. The minimum atomic E-state index is -1.21. The number of fused-ring (bicyclic) bond motifs is 2. The summed E-state index contributed by atoms with van der Waals surface area (Å²) in [6.45, 7) is 15.8. The summed E-state index contributed by atoms with van der Waals surface area (Å²) in [6, 6.07) is 6.87. The molecule has 0 saturated carbocycles. The molecule has 8 nitrogen and oxygen atoms in total. The van der Waals surface area contributed by atoms with Gasteiger partial charge in [-0.1, -0.05) is 58.4 Å². The van der Waals surface area contributed by atoms with Crippen LogP contribution in [0.2, 0.25) is 0 Å². The molecule has 0 aliphatic carbocycles. The molecule has 0 fully saturated rings. The van der Waals surface area contributed by atoms with Crippen LogP contribution < -0.4 is 21.3 Å². The zero-order chi connectivity index (χ0) is 30.8. The second kappa shape index (κ2) is 15.9. The van der Waals surface area contributed by atoms with E-state index in [-0.39, 0.29) is 34.8 Å². The smallest absolute Gasteiger partial charge is 0.245 e. The second-order valence-corrected chi connectivity index (χ2v) is 15.4. The van der Waals surface area contributed by atoms with Crippen LogP contribution in [0.3, 0.4) is 0 Å². The molecule has 230 valence electrons. The maximum atomic E-state index is 13.5. The molecule has 4 amide bonds. The van der Waals surface area contributed by atoms with Crippen molar-refractivity contribution in [1.82, 2.24) is 21.3 Å². The van der Waals surface area contributed by atoms with Gasteiger partial charge in [-0.25, -0.2) is 0 Å². The molecule has 1 aromatic rings. The van der Waals surface area contributed by atoms with Gasteiger partial charge < -0.3 is 21.3 Å². The number of benzene rings is 1. The Labute approximate surface area is 255 Å². The predicted octanol–water partition coefficient (Wildman–Crippen LogP) is 4.41. The number of hydrogen-bond donors (Lipinski definition) is 4. The number of hydrogen-bond acceptors (Lipinski definition) is 6. The summed E-state index contributed by atoms with van der Waals surface area (Å²) < 4.78 is -0.228. The van der Waals surface area contributed by atoms with Gasteiger partial charge in [0.05, 0.1) is 0 Å². The number of amides is 4. The Morgan fingerprint density at radius 2 is 1.61 bits per heavy atom. The summed E-state index contributed by atoms with van der Waals surface area (Å²) >= 11 is 3.45. The van der Waals surface area contributed by atoms with E-state index in [1.165, 1.54) is 11.1 Å². The molecule has 1 heterocycles. The van der Waals surface area contributed by atoms with Crippen molar-refractivity contribution in [2.24, 2.45) is 11.8 Å². The molecule has 41 heavy (non-hydrogen) atoms. The topological polar surface area (TPSA) is 116 Å². The van der Waals surface area contributed by atoms with E-state index in [1.807, 2.05) is 27.7 Å². The van der Waals surface area contributed by atoms with Gasteiger partial charge in [-0.3, -0.25) is 19.2 Å².